The molecule has 9 heteroatoms. The van der Waals surface area contributed by atoms with Crippen molar-refractivity contribution in [3.05, 3.63) is 48.2 Å². The van der Waals surface area contributed by atoms with Gasteiger partial charge in [0.15, 0.2) is 0 Å². The zero-order valence-corrected chi connectivity index (χ0v) is 17.9. The van der Waals surface area contributed by atoms with E-state index in [-0.39, 0.29) is 30.9 Å². The Morgan fingerprint density at radius 3 is 2.42 bits per heavy atom. The Kier molecular flexibility index (Phi) is 10.4. The lowest BCUT2D eigenvalue weighted by Gasteiger charge is -2.12. The maximum Gasteiger partial charge on any atom is 0.258 e. The van der Waals surface area contributed by atoms with Gasteiger partial charge in [0.1, 0.15) is 11.6 Å². The van der Waals surface area contributed by atoms with Gasteiger partial charge in [-0.05, 0) is 38.1 Å². The molecule has 0 radical (unpaired) electrons. The summed E-state index contributed by atoms with van der Waals surface area (Å²) < 4.78 is 16.1. The number of amides is 2. The molecule has 0 saturated heterocycles. The summed E-state index contributed by atoms with van der Waals surface area (Å²) in [5.74, 6) is 0.368. The van der Waals surface area contributed by atoms with Crippen LogP contribution in [-0.4, -0.2) is 55.9 Å². The van der Waals surface area contributed by atoms with Crippen LogP contribution in [0.1, 0.15) is 30.6 Å². The van der Waals surface area contributed by atoms with Gasteiger partial charge in [-0.25, -0.2) is 4.98 Å². The zero-order chi connectivity index (χ0) is 22.5. The number of pyridine rings is 1. The number of para-hydroxylation sites is 1. The van der Waals surface area contributed by atoms with Gasteiger partial charge in [0.05, 0.1) is 56.4 Å². The van der Waals surface area contributed by atoms with Crippen molar-refractivity contribution in [2.24, 2.45) is 5.73 Å². The fourth-order valence-electron chi connectivity index (χ4n) is 2.55. The Morgan fingerprint density at radius 2 is 1.74 bits per heavy atom. The third-order valence-corrected chi connectivity index (χ3v) is 3.90. The molecule has 31 heavy (non-hydrogen) atoms. The van der Waals surface area contributed by atoms with Crippen LogP contribution in [0.4, 0.5) is 11.5 Å². The molecule has 2 aromatic rings. The number of carbonyl (C=O) groups is 2. The number of nitrogens with one attached hydrogen (secondary N) is 2. The summed E-state index contributed by atoms with van der Waals surface area (Å²) in [5.41, 5.74) is 6.07. The van der Waals surface area contributed by atoms with Crippen molar-refractivity contribution in [3.63, 3.8) is 0 Å². The van der Waals surface area contributed by atoms with Crippen molar-refractivity contribution in [2.75, 3.05) is 43.6 Å². The molecule has 0 aliphatic rings. The van der Waals surface area contributed by atoms with Crippen molar-refractivity contribution in [3.8, 4) is 5.75 Å². The number of benzene rings is 1. The summed E-state index contributed by atoms with van der Waals surface area (Å²) in [6.07, 6.45) is 1.74. The van der Waals surface area contributed by atoms with E-state index in [1.807, 2.05) is 13.8 Å². The molecule has 9 nitrogen and oxygen atoms in total. The molecule has 1 heterocycles. The minimum absolute atomic E-state index is 0.0348. The van der Waals surface area contributed by atoms with E-state index < -0.39 is 0 Å². The van der Waals surface area contributed by atoms with Crippen molar-refractivity contribution < 1.29 is 23.8 Å². The predicted molar refractivity (Wildman–Crippen MR) is 118 cm³/mol. The molecular weight excluding hydrogens is 400 g/mol. The Labute approximate surface area is 182 Å². The van der Waals surface area contributed by atoms with Crippen LogP contribution in [-0.2, 0) is 14.3 Å². The number of rotatable bonds is 13. The first-order chi connectivity index (χ1) is 15.0. The summed E-state index contributed by atoms with van der Waals surface area (Å²) in [4.78, 5) is 29.1. The second kappa shape index (κ2) is 13.3. The van der Waals surface area contributed by atoms with Crippen molar-refractivity contribution >= 4 is 23.3 Å². The van der Waals surface area contributed by atoms with E-state index in [0.717, 1.165) is 0 Å². The summed E-state index contributed by atoms with van der Waals surface area (Å²) in [5, 5.41) is 5.48. The lowest BCUT2D eigenvalue weighted by Crippen LogP contribution is -2.20. The van der Waals surface area contributed by atoms with Crippen LogP contribution in [0, 0.1) is 0 Å². The highest BCUT2D eigenvalue weighted by molar-refractivity contribution is 6.09. The number of hydrogen-bond donors (Lipinski definition) is 3. The quantitative estimate of drug-likeness (QED) is 0.417. The summed E-state index contributed by atoms with van der Waals surface area (Å²) in [6.45, 7) is 5.86. The van der Waals surface area contributed by atoms with Gasteiger partial charge in [-0.15, -0.1) is 0 Å². The lowest BCUT2D eigenvalue weighted by atomic mass is 10.1. The number of nitrogens with zero attached hydrogens (tertiary/aromatic N) is 1. The second-order valence-corrected chi connectivity index (χ2v) is 6.86. The van der Waals surface area contributed by atoms with Crippen LogP contribution in [0.2, 0.25) is 0 Å². The van der Waals surface area contributed by atoms with Crippen LogP contribution >= 0.6 is 0 Å². The number of nitrogens with two attached hydrogens (primary N) is 1. The van der Waals surface area contributed by atoms with Gasteiger partial charge in [-0.2, -0.15) is 0 Å². The van der Waals surface area contributed by atoms with Crippen molar-refractivity contribution in [2.45, 2.75) is 26.4 Å². The van der Waals surface area contributed by atoms with Gasteiger partial charge in [-0.3, -0.25) is 9.59 Å². The first kappa shape index (κ1) is 24.3. The normalized spacial score (nSPS) is 10.7. The summed E-state index contributed by atoms with van der Waals surface area (Å²) in [7, 11) is 0. The zero-order valence-electron chi connectivity index (χ0n) is 17.9. The topological polar surface area (TPSA) is 125 Å². The van der Waals surface area contributed by atoms with E-state index in [4.69, 9.17) is 19.9 Å². The molecule has 0 fully saturated rings. The Morgan fingerprint density at radius 1 is 1.00 bits per heavy atom. The molecule has 0 bridgehead atoms. The van der Waals surface area contributed by atoms with Crippen molar-refractivity contribution in [1.82, 2.24) is 4.98 Å². The van der Waals surface area contributed by atoms with E-state index in [1.54, 1.807) is 42.6 Å². The highest BCUT2D eigenvalue weighted by Gasteiger charge is 2.14. The standard InChI is InChI=1S/C22H30N4O5/c1-16(2)31-17-7-8-20(24-15-17)26-22(28)18-5-3-4-6-19(18)25-21(27)9-11-29-13-14-30-12-10-23/h3-8,15-16H,9-14,23H2,1-2H3,(H,25,27)(H,24,26,28). The first-order valence-corrected chi connectivity index (χ1v) is 10.2. The molecule has 0 spiro atoms. The summed E-state index contributed by atoms with van der Waals surface area (Å²) >= 11 is 0. The van der Waals surface area contributed by atoms with Gasteiger partial charge >= 0.3 is 0 Å². The maximum absolute atomic E-state index is 12.7. The molecule has 2 rings (SSSR count). The SMILES string of the molecule is CC(C)Oc1ccc(NC(=O)c2ccccc2NC(=O)CCOCCOCCN)nc1. The first-order valence-electron chi connectivity index (χ1n) is 10.2. The van der Waals surface area contributed by atoms with E-state index in [2.05, 4.69) is 15.6 Å². The van der Waals surface area contributed by atoms with Gasteiger partial charge in [0, 0.05) is 6.54 Å². The summed E-state index contributed by atoms with van der Waals surface area (Å²) in [6, 6.07) is 10.2. The lowest BCUT2D eigenvalue weighted by molar-refractivity contribution is -0.117. The van der Waals surface area contributed by atoms with E-state index >= 15 is 0 Å². The van der Waals surface area contributed by atoms with Gasteiger partial charge < -0.3 is 30.6 Å². The Hall–Kier alpha value is -3.01. The largest absolute Gasteiger partial charge is 0.489 e. The number of aromatic nitrogens is 1. The van der Waals surface area contributed by atoms with E-state index in [9.17, 15) is 9.59 Å². The molecule has 2 amide bonds. The van der Waals surface area contributed by atoms with Gasteiger partial charge in [-0.1, -0.05) is 12.1 Å². The van der Waals surface area contributed by atoms with Crippen LogP contribution in [0.25, 0.3) is 0 Å². The second-order valence-electron chi connectivity index (χ2n) is 6.86. The average molecular weight is 431 g/mol. The molecule has 0 saturated carbocycles. The molecule has 4 N–H and O–H groups in total. The molecule has 1 aromatic carbocycles. The highest BCUT2D eigenvalue weighted by Crippen LogP contribution is 2.18. The minimum Gasteiger partial charge on any atom is -0.489 e. The fraction of sp³-hybridized carbons (Fsp3) is 0.409. The van der Waals surface area contributed by atoms with Crippen LogP contribution in [0.5, 0.6) is 5.75 Å². The monoisotopic (exact) mass is 430 g/mol. The Balaban J connectivity index is 1.86. The van der Waals surface area contributed by atoms with Crippen molar-refractivity contribution in [1.29, 1.82) is 0 Å². The van der Waals surface area contributed by atoms with Crippen LogP contribution < -0.4 is 21.1 Å². The molecule has 1 aromatic heterocycles. The molecule has 0 aliphatic carbocycles. The highest BCUT2D eigenvalue weighted by atomic mass is 16.5. The molecular formula is C22H30N4O5. The number of anilines is 2. The number of ether oxygens (including phenoxy) is 3. The van der Waals surface area contributed by atoms with Gasteiger partial charge in [0.2, 0.25) is 5.91 Å². The predicted octanol–water partition coefficient (Wildman–Crippen LogP) is 2.44. The van der Waals surface area contributed by atoms with Gasteiger partial charge in [0.25, 0.3) is 5.91 Å². The minimum atomic E-state index is -0.380. The average Bonchev–Trinajstić information content (AvgIpc) is 2.74. The molecule has 168 valence electrons. The Bertz CT molecular complexity index is 827. The third kappa shape index (κ3) is 9.12. The fourth-order valence-corrected chi connectivity index (χ4v) is 2.55. The smallest absolute Gasteiger partial charge is 0.258 e. The van der Waals surface area contributed by atoms with Crippen LogP contribution in [0.3, 0.4) is 0 Å². The number of carbonyl (C=O) groups excluding carboxylic acids is 2. The maximum atomic E-state index is 12.7. The number of hydrogen-bond acceptors (Lipinski definition) is 7. The van der Waals surface area contributed by atoms with Crippen LogP contribution in [0.15, 0.2) is 42.6 Å². The molecule has 0 aliphatic heterocycles. The molecule has 0 atom stereocenters. The van der Waals surface area contributed by atoms with E-state index in [0.29, 0.717) is 49.2 Å². The molecule has 0 unspecified atom stereocenters. The third-order valence-electron chi connectivity index (χ3n) is 3.90. The van der Waals surface area contributed by atoms with E-state index in [1.165, 1.54) is 0 Å².